The maximum absolute atomic E-state index is 11.9. The molecule has 152 valence electrons. The fourth-order valence-electron chi connectivity index (χ4n) is 2.69. The van der Waals surface area contributed by atoms with Gasteiger partial charge in [0.15, 0.2) is 0 Å². The number of para-hydroxylation sites is 1. The Morgan fingerprint density at radius 2 is 1.77 bits per heavy atom. The third-order valence-electron chi connectivity index (χ3n) is 4.15. The highest BCUT2D eigenvalue weighted by Gasteiger charge is 2.17. The van der Waals surface area contributed by atoms with Crippen LogP contribution in [0.4, 0.5) is 0 Å². The molecule has 0 saturated heterocycles. The van der Waals surface area contributed by atoms with E-state index in [0.29, 0.717) is 29.9 Å². The second-order valence-corrected chi connectivity index (χ2v) is 6.20. The molecule has 3 aromatic rings. The third kappa shape index (κ3) is 5.48. The largest absolute Gasteiger partial charge is 0.515 e. The van der Waals surface area contributed by atoms with E-state index in [4.69, 9.17) is 14.3 Å². The number of esters is 1. The van der Waals surface area contributed by atoms with E-state index in [-0.39, 0.29) is 5.57 Å². The van der Waals surface area contributed by atoms with Gasteiger partial charge in [-0.1, -0.05) is 65.8 Å². The molecular weight excluding hydrogens is 382 g/mol. The molecule has 0 saturated carbocycles. The summed E-state index contributed by atoms with van der Waals surface area (Å²) >= 11 is 0. The van der Waals surface area contributed by atoms with Crippen LogP contribution in [0.3, 0.4) is 0 Å². The summed E-state index contributed by atoms with van der Waals surface area (Å²) in [5, 5.41) is 13.5. The Hall–Kier alpha value is -4.06. The molecule has 0 aromatic heterocycles. The third-order valence-corrected chi connectivity index (χ3v) is 4.15. The molecule has 0 spiro atoms. The summed E-state index contributed by atoms with van der Waals surface area (Å²) in [6, 6.07) is 23.9. The van der Waals surface area contributed by atoms with Crippen LogP contribution in [0.15, 0.2) is 90.3 Å². The summed E-state index contributed by atoms with van der Waals surface area (Å²) in [4.78, 5) is 17.2. The quantitative estimate of drug-likeness (QED) is 0.186. The van der Waals surface area contributed by atoms with Crippen LogP contribution in [0.2, 0.25) is 0 Å². The van der Waals surface area contributed by atoms with Crippen LogP contribution < -0.4 is 4.74 Å². The van der Waals surface area contributed by atoms with Crippen molar-refractivity contribution in [1.29, 1.82) is 0 Å². The van der Waals surface area contributed by atoms with E-state index in [2.05, 4.69) is 5.16 Å². The SMILES string of the molecule is COC(=O)C(=CO)c1ccccc1Oc1cccc(C=NOCc2ccccc2)c1. The highest BCUT2D eigenvalue weighted by atomic mass is 16.6. The number of oxime groups is 1. The van der Waals surface area contributed by atoms with Crippen LogP contribution in [0.25, 0.3) is 5.57 Å². The Labute approximate surface area is 174 Å². The van der Waals surface area contributed by atoms with Gasteiger partial charge in [-0.3, -0.25) is 0 Å². The van der Waals surface area contributed by atoms with Crippen molar-refractivity contribution in [2.75, 3.05) is 7.11 Å². The van der Waals surface area contributed by atoms with E-state index >= 15 is 0 Å². The molecule has 0 heterocycles. The fraction of sp³-hybridized carbons (Fsp3) is 0.0833. The fourth-order valence-corrected chi connectivity index (χ4v) is 2.69. The number of nitrogens with zero attached hydrogens (tertiary/aromatic N) is 1. The molecule has 30 heavy (non-hydrogen) atoms. The van der Waals surface area contributed by atoms with Gasteiger partial charge in [-0.2, -0.15) is 0 Å². The van der Waals surface area contributed by atoms with Crippen molar-refractivity contribution in [2.24, 2.45) is 5.16 Å². The molecule has 0 fully saturated rings. The summed E-state index contributed by atoms with van der Waals surface area (Å²) in [6.45, 7) is 0.380. The van der Waals surface area contributed by atoms with Crippen molar-refractivity contribution in [2.45, 2.75) is 6.61 Å². The second kappa shape index (κ2) is 10.5. The van der Waals surface area contributed by atoms with Crippen LogP contribution in [0, 0.1) is 0 Å². The van der Waals surface area contributed by atoms with Crippen molar-refractivity contribution in [3.8, 4) is 11.5 Å². The summed E-state index contributed by atoms with van der Waals surface area (Å²) in [6.07, 6.45) is 2.30. The molecule has 0 bridgehead atoms. The molecule has 1 N–H and O–H groups in total. The zero-order valence-electron chi connectivity index (χ0n) is 16.4. The first-order valence-corrected chi connectivity index (χ1v) is 9.20. The maximum atomic E-state index is 11.9. The number of aliphatic hydroxyl groups is 1. The molecule has 0 aliphatic rings. The van der Waals surface area contributed by atoms with E-state index in [1.54, 1.807) is 42.6 Å². The lowest BCUT2D eigenvalue weighted by Gasteiger charge is -2.12. The van der Waals surface area contributed by atoms with Gasteiger partial charge >= 0.3 is 5.97 Å². The number of hydrogen-bond donors (Lipinski definition) is 1. The molecule has 6 heteroatoms. The smallest absolute Gasteiger partial charge is 0.341 e. The number of aliphatic hydroxyl groups excluding tert-OH is 1. The van der Waals surface area contributed by atoms with Gasteiger partial charge in [-0.05, 0) is 29.3 Å². The molecule has 6 nitrogen and oxygen atoms in total. The number of benzene rings is 3. The van der Waals surface area contributed by atoms with E-state index in [1.165, 1.54) is 7.11 Å². The standard InChI is InChI=1S/C24H21NO5/c1-28-24(27)22(16-26)21-12-5-6-13-23(21)30-20-11-7-10-19(14-20)15-25-29-17-18-8-3-2-4-9-18/h2-16,26H,17H2,1H3. The molecule has 3 aromatic carbocycles. The Bertz CT molecular complexity index is 1040. The van der Waals surface area contributed by atoms with Gasteiger partial charge in [-0.25, -0.2) is 4.79 Å². The molecule has 0 atom stereocenters. The van der Waals surface area contributed by atoms with Crippen LogP contribution in [0.5, 0.6) is 11.5 Å². The first-order chi connectivity index (χ1) is 14.7. The molecule has 0 radical (unpaired) electrons. The van der Waals surface area contributed by atoms with Crippen LogP contribution >= 0.6 is 0 Å². The van der Waals surface area contributed by atoms with Gasteiger partial charge in [0, 0.05) is 5.56 Å². The van der Waals surface area contributed by atoms with Crippen molar-refractivity contribution < 1.29 is 24.2 Å². The molecule has 0 aliphatic carbocycles. The molecule has 3 rings (SSSR count). The molecular formula is C24H21NO5. The number of ether oxygens (including phenoxy) is 2. The summed E-state index contributed by atoms with van der Waals surface area (Å²) < 4.78 is 10.7. The Balaban J connectivity index is 1.71. The van der Waals surface area contributed by atoms with Gasteiger partial charge in [0.2, 0.25) is 0 Å². The van der Waals surface area contributed by atoms with Crippen molar-refractivity contribution in [1.82, 2.24) is 0 Å². The Morgan fingerprint density at radius 3 is 2.53 bits per heavy atom. The van der Waals surface area contributed by atoms with Crippen LogP contribution in [-0.4, -0.2) is 24.4 Å². The predicted octanol–water partition coefficient (Wildman–Crippen LogP) is 5.10. The minimum atomic E-state index is -0.662. The average molecular weight is 403 g/mol. The van der Waals surface area contributed by atoms with E-state index in [1.807, 2.05) is 42.5 Å². The average Bonchev–Trinajstić information content (AvgIpc) is 2.79. The lowest BCUT2D eigenvalue weighted by Crippen LogP contribution is -2.05. The summed E-state index contributed by atoms with van der Waals surface area (Å²) in [7, 11) is 1.25. The number of methoxy groups -OCH3 is 1. The van der Waals surface area contributed by atoms with Crippen molar-refractivity contribution in [3.63, 3.8) is 0 Å². The molecule has 0 unspecified atom stereocenters. The number of carbonyl (C=O) groups is 1. The zero-order chi connectivity index (χ0) is 21.2. The normalized spacial score (nSPS) is 11.3. The number of hydrogen-bond acceptors (Lipinski definition) is 6. The van der Waals surface area contributed by atoms with E-state index in [0.717, 1.165) is 11.1 Å². The minimum absolute atomic E-state index is 0.000120. The summed E-state index contributed by atoms with van der Waals surface area (Å²) in [5.41, 5.74) is 2.22. The van der Waals surface area contributed by atoms with Crippen LogP contribution in [0.1, 0.15) is 16.7 Å². The minimum Gasteiger partial charge on any atom is -0.515 e. The summed E-state index contributed by atoms with van der Waals surface area (Å²) in [5.74, 6) is 0.277. The van der Waals surface area contributed by atoms with Crippen LogP contribution in [-0.2, 0) is 21.0 Å². The Kier molecular flexibility index (Phi) is 7.22. The Morgan fingerprint density at radius 1 is 1.00 bits per heavy atom. The number of carbonyl (C=O) groups excluding carboxylic acids is 1. The van der Waals surface area contributed by atoms with E-state index in [9.17, 15) is 9.90 Å². The van der Waals surface area contributed by atoms with Crippen molar-refractivity contribution >= 4 is 17.8 Å². The second-order valence-electron chi connectivity index (χ2n) is 6.20. The zero-order valence-corrected chi connectivity index (χ0v) is 16.4. The highest BCUT2D eigenvalue weighted by molar-refractivity contribution is 6.16. The first-order valence-electron chi connectivity index (χ1n) is 9.20. The van der Waals surface area contributed by atoms with Gasteiger partial charge in [0.25, 0.3) is 0 Å². The van der Waals surface area contributed by atoms with Gasteiger partial charge in [0.1, 0.15) is 23.7 Å². The molecule has 0 aliphatic heterocycles. The predicted molar refractivity (Wildman–Crippen MR) is 114 cm³/mol. The maximum Gasteiger partial charge on any atom is 0.341 e. The van der Waals surface area contributed by atoms with Gasteiger partial charge in [0.05, 0.1) is 19.6 Å². The van der Waals surface area contributed by atoms with Gasteiger partial charge < -0.3 is 19.4 Å². The lowest BCUT2D eigenvalue weighted by molar-refractivity contribution is -0.133. The molecule has 0 amide bonds. The van der Waals surface area contributed by atoms with E-state index < -0.39 is 5.97 Å². The number of rotatable bonds is 8. The highest BCUT2D eigenvalue weighted by Crippen LogP contribution is 2.31. The lowest BCUT2D eigenvalue weighted by atomic mass is 10.1. The van der Waals surface area contributed by atoms with Gasteiger partial charge in [-0.15, -0.1) is 0 Å². The first kappa shape index (κ1) is 20.7. The topological polar surface area (TPSA) is 77.4 Å². The monoisotopic (exact) mass is 403 g/mol. The van der Waals surface area contributed by atoms with Crippen molar-refractivity contribution in [3.05, 3.63) is 102 Å².